The van der Waals surface area contributed by atoms with E-state index in [0.29, 0.717) is 18.8 Å². The maximum absolute atomic E-state index is 12.9. The van der Waals surface area contributed by atoms with Crippen molar-refractivity contribution in [1.29, 1.82) is 0 Å². The van der Waals surface area contributed by atoms with Crippen LogP contribution in [-0.4, -0.2) is 35.9 Å². The van der Waals surface area contributed by atoms with E-state index in [4.69, 9.17) is 4.74 Å². The quantitative estimate of drug-likeness (QED) is 0.736. The summed E-state index contributed by atoms with van der Waals surface area (Å²) in [5.74, 6) is 0.232. The van der Waals surface area contributed by atoms with Crippen molar-refractivity contribution in [2.75, 3.05) is 13.2 Å². The number of amides is 2. The first-order valence-corrected chi connectivity index (χ1v) is 10.1. The molecule has 0 aliphatic heterocycles. The lowest BCUT2D eigenvalue weighted by atomic mass is 9.87. The molecule has 1 atom stereocenters. The molecule has 0 saturated heterocycles. The minimum Gasteiger partial charge on any atom is -0.484 e. The number of rotatable bonds is 8. The van der Waals surface area contributed by atoms with E-state index in [1.54, 1.807) is 11.8 Å². The molecule has 0 fully saturated rings. The SMILES string of the molecule is CCNC(=O)[C@@H](C)N(Cc1ccccc1)C(=O)COc1ccc(C(C)(C)C)cc1. The molecule has 1 N–H and O–H groups in total. The average Bonchev–Trinajstić information content (AvgIpc) is 2.70. The molecule has 156 valence electrons. The van der Waals surface area contributed by atoms with Crippen molar-refractivity contribution in [2.24, 2.45) is 0 Å². The minimum absolute atomic E-state index is 0.0584. The van der Waals surface area contributed by atoms with Crippen LogP contribution in [0.4, 0.5) is 0 Å². The van der Waals surface area contributed by atoms with Gasteiger partial charge in [0.25, 0.3) is 5.91 Å². The Balaban J connectivity index is 2.08. The summed E-state index contributed by atoms with van der Waals surface area (Å²) in [4.78, 5) is 26.8. The second-order valence-electron chi connectivity index (χ2n) is 8.14. The predicted octanol–water partition coefficient (Wildman–Crippen LogP) is 3.92. The molecular weight excluding hydrogens is 364 g/mol. The number of likely N-dealkylation sites (N-methyl/N-ethyl adjacent to an activating group) is 1. The maximum Gasteiger partial charge on any atom is 0.261 e. The van der Waals surface area contributed by atoms with E-state index in [-0.39, 0.29) is 23.8 Å². The molecule has 0 radical (unpaired) electrons. The Kier molecular flexibility index (Phi) is 7.82. The topological polar surface area (TPSA) is 58.6 Å². The van der Waals surface area contributed by atoms with Gasteiger partial charge in [-0.2, -0.15) is 0 Å². The predicted molar refractivity (Wildman–Crippen MR) is 116 cm³/mol. The van der Waals surface area contributed by atoms with E-state index in [2.05, 4.69) is 26.1 Å². The van der Waals surface area contributed by atoms with Crippen molar-refractivity contribution in [1.82, 2.24) is 10.2 Å². The standard InChI is InChI=1S/C24H32N2O3/c1-6-25-23(28)18(2)26(16-19-10-8-7-9-11-19)22(27)17-29-21-14-12-20(13-15-21)24(3,4)5/h7-15,18H,6,16-17H2,1-5H3,(H,25,28)/t18-/m1/s1. The highest BCUT2D eigenvalue weighted by Crippen LogP contribution is 2.24. The zero-order valence-corrected chi connectivity index (χ0v) is 18.1. The van der Waals surface area contributed by atoms with Gasteiger partial charge in [0.2, 0.25) is 5.91 Å². The van der Waals surface area contributed by atoms with Crippen molar-refractivity contribution in [2.45, 2.75) is 52.6 Å². The van der Waals surface area contributed by atoms with E-state index in [9.17, 15) is 9.59 Å². The van der Waals surface area contributed by atoms with Crippen LogP contribution in [0.5, 0.6) is 5.75 Å². The second-order valence-corrected chi connectivity index (χ2v) is 8.14. The number of nitrogens with zero attached hydrogens (tertiary/aromatic N) is 1. The third-order valence-corrected chi connectivity index (χ3v) is 4.80. The van der Waals surface area contributed by atoms with Gasteiger partial charge in [-0.25, -0.2) is 0 Å². The molecule has 2 amide bonds. The Morgan fingerprint density at radius 3 is 2.21 bits per heavy atom. The Bertz CT molecular complexity index is 795. The number of hydrogen-bond acceptors (Lipinski definition) is 3. The number of carbonyl (C=O) groups is 2. The third kappa shape index (κ3) is 6.63. The molecule has 2 aromatic carbocycles. The molecule has 2 aromatic rings. The molecule has 0 heterocycles. The van der Waals surface area contributed by atoms with Gasteiger partial charge in [-0.05, 0) is 42.5 Å². The van der Waals surface area contributed by atoms with Gasteiger partial charge in [0.15, 0.2) is 6.61 Å². The van der Waals surface area contributed by atoms with Crippen molar-refractivity contribution < 1.29 is 14.3 Å². The first-order valence-electron chi connectivity index (χ1n) is 10.1. The van der Waals surface area contributed by atoms with Gasteiger partial charge in [0.1, 0.15) is 11.8 Å². The van der Waals surface area contributed by atoms with E-state index in [1.807, 2.05) is 61.5 Å². The lowest BCUT2D eigenvalue weighted by molar-refractivity contribution is -0.142. The summed E-state index contributed by atoms with van der Waals surface area (Å²) in [6.07, 6.45) is 0. The van der Waals surface area contributed by atoms with Crippen LogP contribution in [0.15, 0.2) is 54.6 Å². The number of nitrogens with one attached hydrogen (secondary N) is 1. The van der Waals surface area contributed by atoms with Crippen LogP contribution in [-0.2, 0) is 21.5 Å². The lowest BCUT2D eigenvalue weighted by Gasteiger charge is -2.28. The van der Waals surface area contributed by atoms with Gasteiger partial charge in [-0.3, -0.25) is 9.59 Å². The number of carbonyl (C=O) groups excluding carboxylic acids is 2. The molecule has 0 aromatic heterocycles. The van der Waals surface area contributed by atoms with E-state index in [0.717, 1.165) is 5.56 Å². The molecule has 5 heteroatoms. The third-order valence-electron chi connectivity index (χ3n) is 4.80. The molecule has 0 saturated carbocycles. The molecule has 0 spiro atoms. The molecule has 0 bridgehead atoms. The monoisotopic (exact) mass is 396 g/mol. The van der Waals surface area contributed by atoms with E-state index in [1.165, 1.54) is 5.56 Å². The minimum atomic E-state index is -0.588. The fraction of sp³-hybridized carbons (Fsp3) is 0.417. The molecule has 29 heavy (non-hydrogen) atoms. The highest BCUT2D eigenvalue weighted by atomic mass is 16.5. The van der Waals surface area contributed by atoms with Gasteiger partial charge in [0.05, 0.1) is 0 Å². The van der Waals surface area contributed by atoms with Crippen molar-refractivity contribution >= 4 is 11.8 Å². The van der Waals surface area contributed by atoms with Crippen LogP contribution in [0.3, 0.4) is 0 Å². The Morgan fingerprint density at radius 2 is 1.66 bits per heavy atom. The van der Waals surface area contributed by atoms with Crippen LogP contribution in [0, 0.1) is 0 Å². The summed E-state index contributed by atoms with van der Waals surface area (Å²) in [7, 11) is 0. The van der Waals surface area contributed by atoms with Crippen molar-refractivity contribution in [3.8, 4) is 5.75 Å². The summed E-state index contributed by atoms with van der Waals surface area (Å²) in [5.41, 5.74) is 2.22. The largest absolute Gasteiger partial charge is 0.484 e. The smallest absolute Gasteiger partial charge is 0.261 e. The zero-order valence-electron chi connectivity index (χ0n) is 18.1. The molecule has 5 nitrogen and oxygen atoms in total. The van der Waals surface area contributed by atoms with Gasteiger partial charge >= 0.3 is 0 Å². The van der Waals surface area contributed by atoms with Crippen LogP contribution in [0.2, 0.25) is 0 Å². The van der Waals surface area contributed by atoms with E-state index >= 15 is 0 Å². The lowest BCUT2D eigenvalue weighted by Crippen LogP contribution is -2.49. The molecular formula is C24H32N2O3. The molecule has 0 unspecified atom stereocenters. The molecule has 2 rings (SSSR count). The number of hydrogen-bond donors (Lipinski definition) is 1. The first-order chi connectivity index (χ1) is 13.7. The molecule has 0 aliphatic rings. The highest BCUT2D eigenvalue weighted by Gasteiger charge is 2.26. The zero-order chi connectivity index (χ0) is 21.4. The average molecular weight is 397 g/mol. The van der Waals surface area contributed by atoms with Gasteiger partial charge in [0, 0.05) is 13.1 Å². The Morgan fingerprint density at radius 1 is 1.03 bits per heavy atom. The summed E-state index contributed by atoms with van der Waals surface area (Å²) in [5, 5.41) is 2.79. The van der Waals surface area contributed by atoms with Crippen molar-refractivity contribution in [3.63, 3.8) is 0 Å². The normalized spacial score (nSPS) is 12.2. The summed E-state index contributed by atoms with van der Waals surface area (Å²) < 4.78 is 5.72. The van der Waals surface area contributed by atoms with Gasteiger partial charge in [-0.1, -0.05) is 63.2 Å². The number of ether oxygens (including phenoxy) is 1. The van der Waals surface area contributed by atoms with Crippen LogP contribution in [0.25, 0.3) is 0 Å². The first kappa shape index (κ1) is 22.5. The summed E-state index contributed by atoms with van der Waals surface area (Å²) in [6.45, 7) is 10.8. The number of benzene rings is 2. The Hall–Kier alpha value is -2.82. The van der Waals surface area contributed by atoms with Crippen LogP contribution in [0.1, 0.15) is 45.7 Å². The molecule has 0 aliphatic carbocycles. The van der Waals surface area contributed by atoms with Crippen molar-refractivity contribution in [3.05, 3.63) is 65.7 Å². The summed E-state index contributed by atoms with van der Waals surface area (Å²) >= 11 is 0. The van der Waals surface area contributed by atoms with Crippen LogP contribution < -0.4 is 10.1 Å². The van der Waals surface area contributed by atoms with Gasteiger partial charge < -0.3 is 15.0 Å². The maximum atomic E-state index is 12.9. The Labute approximate surface area is 174 Å². The van der Waals surface area contributed by atoms with Crippen LogP contribution >= 0.6 is 0 Å². The highest BCUT2D eigenvalue weighted by molar-refractivity contribution is 5.87. The fourth-order valence-electron chi connectivity index (χ4n) is 2.96. The van der Waals surface area contributed by atoms with Gasteiger partial charge in [-0.15, -0.1) is 0 Å². The fourth-order valence-corrected chi connectivity index (χ4v) is 2.96. The second kappa shape index (κ2) is 10.1. The van der Waals surface area contributed by atoms with E-state index < -0.39 is 6.04 Å². The summed E-state index contributed by atoms with van der Waals surface area (Å²) in [6, 6.07) is 16.8.